The van der Waals surface area contributed by atoms with Crippen LogP contribution < -0.4 is 15.4 Å². The standard InChI is InChI=1S/C15H16F3N3O2/c16-15(17,18)23-13-7-10(8-19)1-2-12(13)9-21-14(22)11-3-5-20-6-4-11/h1-2,7,11,20H,3-6,9H2,(H,21,22). The van der Waals surface area contributed by atoms with Gasteiger partial charge in [-0.3, -0.25) is 4.79 Å². The Morgan fingerprint density at radius 3 is 2.70 bits per heavy atom. The SMILES string of the molecule is N#Cc1ccc(CNC(=O)C2CCNCC2)c(OC(F)(F)F)c1. The van der Waals surface area contributed by atoms with Gasteiger partial charge >= 0.3 is 6.36 Å². The highest BCUT2D eigenvalue weighted by Gasteiger charge is 2.32. The molecule has 0 unspecified atom stereocenters. The molecule has 0 bridgehead atoms. The van der Waals surface area contributed by atoms with Gasteiger partial charge in [-0.1, -0.05) is 6.07 Å². The van der Waals surface area contributed by atoms with Crippen LogP contribution in [0.3, 0.4) is 0 Å². The molecule has 0 spiro atoms. The number of hydrogen-bond acceptors (Lipinski definition) is 4. The molecule has 1 aromatic rings. The van der Waals surface area contributed by atoms with Crippen molar-refractivity contribution < 1.29 is 22.7 Å². The molecule has 2 rings (SSSR count). The van der Waals surface area contributed by atoms with Gasteiger partial charge in [-0.05, 0) is 38.1 Å². The van der Waals surface area contributed by atoms with Gasteiger partial charge in [0, 0.05) is 18.0 Å². The number of nitrogens with one attached hydrogen (secondary N) is 2. The fourth-order valence-corrected chi connectivity index (χ4v) is 2.40. The molecular formula is C15H16F3N3O2. The molecule has 124 valence electrons. The van der Waals surface area contributed by atoms with E-state index in [4.69, 9.17) is 5.26 Å². The summed E-state index contributed by atoms with van der Waals surface area (Å²) in [5.74, 6) is -0.794. The zero-order chi connectivity index (χ0) is 16.9. The summed E-state index contributed by atoms with van der Waals surface area (Å²) in [4.78, 5) is 12.0. The summed E-state index contributed by atoms with van der Waals surface area (Å²) in [6.45, 7) is 1.41. The third-order valence-electron chi connectivity index (χ3n) is 3.58. The van der Waals surface area contributed by atoms with Crippen LogP contribution in [0.4, 0.5) is 13.2 Å². The predicted molar refractivity (Wildman–Crippen MR) is 75.3 cm³/mol. The largest absolute Gasteiger partial charge is 0.573 e. The average Bonchev–Trinajstić information content (AvgIpc) is 2.52. The second-order valence-corrected chi connectivity index (χ2v) is 5.22. The van der Waals surface area contributed by atoms with Crippen LogP contribution in [-0.4, -0.2) is 25.4 Å². The summed E-state index contributed by atoms with van der Waals surface area (Å²) in [6, 6.07) is 5.50. The maximum atomic E-state index is 12.4. The second-order valence-electron chi connectivity index (χ2n) is 5.22. The van der Waals surface area contributed by atoms with E-state index in [2.05, 4.69) is 15.4 Å². The first-order chi connectivity index (χ1) is 10.9. The predicted octanol–water partition coefficient (Wildman–Crippen LogP) is 2.07. The number of piperidine rings is 1. The first kappa shape index (κ1) is 17.1. The number of alkyl halides is 3. The highest BCUT2D eigenvalue weighted by atomic mass is 19.4. The van der Waals surface area contributed by atoms with E-state index in [1.807, 2.05) is 0 Å². The molecule has 1 aliphatic rings. The smallest absolute Gasteiger partial charge is 0.405 e. The second kappa shape index (κ2) is 7.33. The molecule has 1 aromatic carbocycles. The van der Waals surface area contributed by atoms with Crippen molar-refractivity contribution in [2.24, 2.45) is 5.92 Å². The number of amides is 1. The lowest BCUT2D eigenvalue weighted by atomic mass is 9.97. The van der Waals surface area contributed by atoms with Gasteiger partial charge in [0.15, 0.2) is 0 Å². The summed E-state index contributed by atoms with van der Waals surface area (Å²) < 4.78 is 41.3. The number of carbonyl (C=O) groups is 1. The Labute approximate surface area is 131 Å². The van der Waals surface area contributed by atoms with Crippen molar-refractivity contribution in [1.29, 1.82) is 5.26 Å². The molecule has 5 nitrogen and oxygen atoms in total. The normalized spacial score (nSPS) is 15.7. The van der Waals surface area contributed by atoms with Crippen LogP contribution in [0.25, 0.3) is 0 Å². The molecular weight excluding hydrogens is 311 g/mol. The van der Waals surface area contributed by atoms with Crippen molar-refractivity contribution in [3.05, 3.63) is 29.3 Å². The van der Waals surface area contributed by atoms with Crippen LogP contribution in [0.15, 0.2) is 18.2 Å². The van der Waals surface area contributed by atoms with Gasteiger partial charge in [0.25, 0.3) is 0 Å². The Hall–Kier alpha value is -2.27. The summed E-state index contributed by atoms with van der Waals surface area (Å²) in [7, 11) is 0. The van der Waals surface area contributed by atoms with Crippen molar-refractivity contribution in [1.82, 2.24) is 10.6 Å². The molecule has 0 aromatic heterocycles. The number of hydrogen-bond donors (Lipinski definition) is 2. The molecule has 1 amide bonds. The average molecular weight is 327 g/mol. The number of ether oxygens (including phenoxy) is 1. The maximum absolute atomic E-state index is 12.4. The maximum Gasteiger partial charge on any atom is 0.573 e. The van der Waals surface area contributed by atoms with Crippen molar-refractivity contribution >= 4 is 5.91 Å². The molecule has 1 saturated heterocycles. The number of carbonyl (C=O) groups excluding carboxylic acids is 1. The van der Waals surface area contributed by atoms with Crippen molar-refractivity contribution in [2.75, 3.05) is 13.1 Å². The number of nitriles is 1. The molecule has 23 heavy (non-hydrogen) atoms. The minimum atomic E-state index is -4.86. The van der Waals surface area contributed by atoms with E-state index in [9.17, 15) is 18.0 Å². The van der Waals surface area contributed by atoms with E-state index in [1.165, 1.54) is 12.1 Å². The van der Waals surface area contributed by atoms with Gasteiger partial charge in [-0.25, -0.2) is 0 Å². The number of nitrogens with zero attached hydrogens (tertiary/aromatic N) is 1. The van der Waals surface area contributed by atoms with Gasteiger partial charge < -0.3 is 15.4 Å². The van der Waals surface area contributed by atoms with Crippen LogP contribution in [-0.2, 0) is 11.3 Å². The highest BCUT2D eigenvalue weighted by Crippen LogP contribution is 2.27. The van der Waals surface area contributed by atoms with Crippen LogP contribution in [0.2, 0.25) is 0 Å². The van der Waals surface area contributed by atoms with E-state index in [1.54, 1.807) is 6.07 Å². The molecule has 1 aliphatic heterocycles. The third-order valence-corrected chi connectivity index (χ3v) is 3.58. The quantitative estimate of drug-likeness (QED) is 0.888. The molecule has 0 radical (unpaired) electrons. The van der Waals surface area contributed by atoms with Crippen LogP contribution in [0.5, 0.6) is 5.75 Å². The van der Waals surface area contributed by atoms with Gasteiger partial charge in [0.05, 0.1) is 11.6 Å². The van der Waals surface area contributed by atoms with Crippen LogP contribution >= 0.6 is 0 Å². The molecule has 2 N–H and O–H groups in total. The van der Waals surface area contributed by atoms with E-state index >= 15 is 0 Å². The van der Waals surface area contributed by atoms with E-state index < -0.39 is 12.1 Å². The summed E-state index contributed by atoms with van der Waals surface area (Å²) in [5.41, 5.74) is 0.223. The number of rotatable bonds is 4. The first-order valence-corrected chi connectivity index (χ1v) is 7.16. The van der Waals surface area contributed by atoms with Gasteiger partial charge in [-0.15, -0.1) is 13.2 Å². The third kappa shape index (κ3) is 5.14. The van der Waals surface area contributed by atoms with Gasteiger partial charge in [0.1, 0.15) is 5.75 Å². The minimum absolute atomic E-state index is 0.0534. The molecule has 1 fully saturated rings. The van der Waals surface area contributed by atoms with Gasteiger partial charge in [0.2, 0.25) is 5.91 Å². The lowest BCUT2D eigenvalue weighted by Crippen LogP contribution is -2.38. The fourth-order valence-electron chi connectivity index (χ4n) is 2.40. The monoisotopic (exact) mass is 327 g/mol. The molecule has 0 atom stereocenters. The van der Waals surface area contributed by atoms with E-state index in [0.717, 1.165) is 19.2 Å². The van der Waals surface area contributed by atoms with Crippen molar-refractivity contribution in [3.8, 4) is 11.8 Å². The lowest BCUT2D eigenvalue weighted by Gasteiger charge is -2.22. The Kier molecular flexibility index (Phi) is 5.45. The zero-order valence-electron chi connectivity index (χ0n) is 12.2. The Morgan fingerprint density at radius 1 is 1.39 bits per heavy atom. The summed E-state index contributed by atoms with van der Waals surface area (Å²) in [6.07, 6.45) is -3.46. The number of halogens is 3. The van der Waals surface area contributed by atoms with E-state index in [-0.39, 0.29) is 29.5 Å². The Morgan fingerprint density at radius 2 is 2.09 bits per heavy atom. The highest BCUT2D eigenvalue weighted by molar-refractivity contribution is 5.78. The molecule has 1 heterocycles. The molecule has 0 saturated carbocycles. The van der Waals surface area contributed by atoms with E-state index in [0.29, 0.717) is 12.8 Å². The first-order valence-electron chi connectivity index (χ1n) is 7.16. The topological polar surface area (TPSA) is 74.2 Å². The Balaban J connectivity index is 2.06. The van der Waals surface area contributed by atoms with Crippen LogP contribution in [0.1, 0.15) is 24.0 Å². The summed E-state index contributed by atoms with van der Waals surface area (Å²) in [5, 5.41) is 14.5. The molecule has 0 aliphatic carbocycles. The zero-order valence-corrected chi connectivity index (χ0v) is 12.2. The van der Waals surface area contributed by atoms with Crippen LogP contribution in [0, 0.1) is 17.2 Å². The summed E-state index contributed by atoms with van der Waals surface area (Å²) >= 11 is 0. The minimum Gasteiger partial charge on any atom is -0.405 e. The van der Waals surface area contributed by atoms with Crippen molar-refractivity contribution in [3.63, 3.8) is 0 Å². The molecule has 8 heteroatoms. The number of benzene rings is 1. The van der Waals surface area contributed by atoms with Crippen molar-refractivity contribution in [2.45, 2.75) is 25.7 Å². The van der Waals surface area contributed by atoms with Gasteiger partial charge in [-0.2, -0.15) is 5.26 Å². The Bertz CT molecular complexity index is 605. The fraction of sp³-hybridized carbons (Fsp3) is 0.467. The lowest BCUT2D eigenvalue weighted by molar-refractivity contribution is -0.274.